The highest BCUT2D eigenvalue weighted by Crippen LogP contribution is 2.39. The predicted octanol–water partition coefficient (Wildman–Crippen LogP) is 20.7. The van der Waals surface area contributed by atoms with E-state index < -0.39 is 0 Å². The summed E-state index contributed by atoms with van der Waals surface area (Å²) in [5.41, 5.74) is 18.0. The van der Waals surface area contributed by atoms with Crippen LogP contribution in [0.25, 0.3) is 66.4 Å². The van der Waals surface area contributed by atoms with Crippen LogP contribution >= 0.6 is 0 Å². The number of fused-ring (bicyclic) bond motifs is 1. The summed E-state index contributed by atoms with van der Waals surface area (Å²) in [6.07, 6.45) is 11.2. The molecule has 9 aromatic rings. The fraction of sp³-hybridized carbons (Fsp3) is 0.118. The quantitative estimate of drug-likeness (QED) is 0.110. The Morgan fingerprint density at radius 3 is 1.26 bits per heavy atom. The minimum absolute atomic E-state index is 1.08. The molecule has 9 aromatic carbocycles. The maximum Gasteiger partial charge on any atom is 0.0462 e. The zero-order valence-electron chi connectivity index (χ0n) is 41.6. The topological polar surface area (TPSA) is 3.24 Å². The van der Waals surface area contributed by atoms with Crippen LogP contribution in [0, 0.1) is 0 Å². The molecule has 9 rings (SSSR count). The van der Waals surface area contributed by atoms with E-state index in [1.807, 2.05) is 33.8 Å². The Labute approximate surface area is 413 Å². The van der Waals surface area contributed by atoms with E-state index in [0.717, 1.165) is 23.5 Å². The first kappa shape index (κ1) is 50.4. The summed E-state index contributed by atoms with van der Waals surface area (Å²) in [5, 5.41) is 2.54. The lowest BCUT2D eigenvalue weighted by Gasteiger charge is -2.26. The van der Waals surface area contributed by atoms with Crippen LogP contribution in [0.4, 0.5) is 17.1 Å². The van der Waals surface area contributed by atoms with E-state index in [-0.39, 0.29) is 0 Å². The van der Waals surface area contributed by atoms with Crippen molar-refractivity contribution in [2.45, 2.75) is 54.9 Å². The molecular weight excluding hydrogens is 831 g/mol. The first-order valence-corrected chi connectivity index (χ1v) is 24.5. The van der Waals surface area contributed by atoms with Crippen molar-refractivity contribution in [2.75, 3.05) is 4.90 Å². The largest absolute Gasteiger partial charge is 0.311 e. The Bertz CT molecular complexity index is 3030. The second-order valence-electron chi connectivity index (χ2n) is 16.3. The van der Waals surface area contributed by atoms with Crippen LogP contribution in [0.5, 0.6) is 0 Å². The lowest BCUT2D eigenvalue weighted by Crippen LogP contribution is -2.09. The van der Waals surface area contributed by atoms with Crippen molar-refractivity contribution < 1.29 is 0 Å². The first-order valence-electron chi connectivity index (χ1n) is 24.5. The van der Waals surface area contributed by atoms with Crippen molar-refractivity contribution in [1.82, 2.24) is 0 Å². The third-order valence-corrected chi connectivity index (χ3v) is 11.6. The lowest BCUT2D eigenvalue weighted by molar-refractivity contribution is 1.21. The number of anilines is 3. The van der Waals surface area contributed by atoms with Crippen molar-refractivity contribution in [3.8, 4) is 55.6 Å². The molecular formula is C68H67N. The molecule has 0 aromatic heterocycles. The van der Waals surface area contributed by atoms with Gasteiger partial charge in [0.2, 0.25) is 0 Å². The molecule has 0 amide bonds. The third kappa shape index (κ3) is 13.3. The standard InChI is InChI=1S/C52H37N.C12H18.2C2H6/c1-3-11-38(12-4-1)41-25-31-48(32-26-41)53(50-35-29-43(30-36-50)47-18-9-17-46(37-47)39-13-5-2-6-14-39)49-33-27-42(28-34-49)40-21-23-45(24-22-40)52-20-10-16-44-15-7-8-19-51(44)52;1-5-7-9-12(11(3)4)10-8-6-2;2*1-2/h1-37H;5,7-10H,1,6H2,2-4H3;2*1-2H3/b;9-7-,10-8-;;. The van der Waals surface area contributed by atoms with E-state index in [1.165, 1.54) is 77.6 Å². The van der Waals surface area contributed by atoms with Gasteiger partial charge >= 0.3 is 0 Å². The van der Waals surface area contributed by atoms with Gasteiger partial charge in [0.25, 0.3) is 0 Å². The van der Waals surface area contributed by atoms with E-state index in [1.54, 1.807) is 6.08 Å². The van der Waals surface area contributed by atoms with Crippen molar-refractivity contribution in [3.05, 3.63) is 273 Å². The van der Waals surface area contributed by atoms with Gasteiger partial charge in [-0.2, -0.15) is 0 Å². The third-order valence-electron chi connectivity index (χ3n) is 11.6. The van der Waals surface area contributed by atoms with Gasteiger partial charge in [-0.3, -0.25) is 0 Å². The van der Waals surface area contributed by atoms with Gasteiger partial charge < -0.3 is 4.90 Å². The van der Waals surface area contributed by atoms with Crippen molar-refractivity contribution >= 4 is 27.8 Å². The highest BCUT2D eigenvalue weighted by molar-refractivity contribution is 5.97. The van der Waals surface area contributed by atoms with Crippen LogP contribution < -0.4 is 4.90 Å². The van der Waals surface area contributed by atoms with Crippen LogP contribution in [-0.4, -0.2) is 0 Å². The highest BCUT2D eigenvalue weighted by Gasteiger charge is 2.14. The molecule has 0 N–H and O–H groups in total. The van der Waals surface area contributed by atoms with E-state index in [0.29, 0.717) is 0 Å². The van der Waals surface area contributed by atoms with Crippen LogP contribution in [0.1, 0.15) is 54.9 Å². The molecule has 0 fully saturated rings. The van der Waals surface area contributed by atoms with Crippen LogP contribution in [0.3, 0.4) is 0 Å². The number of benzene rings is 9. The van der Waals surface area contributed by atoms with E-state index in [9.17, 15) is 0 Å². The van der Waals surface area contributed by atoms with Gasteiger partial charge in [0.15, 0.2) is 0 Å². The summed E-state index contributed by atoms with van der Waals surface area (Å²) in [5.74, 6) is 0. The molecule has 0 aliphatic heterocycles. The fourth-order valence-corrected chi connectivity index (χ4v) is 8.12. The number of nitrogens with zero attached hydrogens (tertiary/aromatic N) is 1. The summed E-state index contributed by atoms with van der Waals surface area (Å²) in [6.45, 7) is 18.0. The SMILES string of the molecule is C=C/C=C\C(/C=C\CC)=C(C)C.CC.CC.c1ccc(-c2ccc(N(c3ccc(-c4ccc(-c5cccc6ccccc56)cc4)cc3)c3ccc(-c4cccc(-c5ccccc5)c4)cc3)cc2)cc1. The first-order chi connectivity index (χ1) is 34.0. The maximum absolute atomic E-state index is 3.64. The predicted molar refractivity (Wildman–Crippen MR) is 306 cm³/mol. The molecule has 0 bridgehead atoms. The van der Waals surface area contributed by atoms with Crippen LogP contribution in [0.15, 0.2) is 273 Å². The fourth-order valence-electron chi connectivity index (χ4n) is 8.12. The molecule has 1 nitrogen and oxygen atoms in total. The second kappa shape index (κ2) is 26.4. The normalized spacial score (nSPS) is 10.5. The molecule has 344 valence electrons. The lowest BCUT2D eigenvalue weighted by atomic mass is 9.96. The molecule has 0 saturated heterocycles. The highest BCUT2D eigenvalue weighted by atomic mass is 15.1. The summed E-state index contributed by atoms with van der Waals surface area (Å²) in [6, 6.07) is 80.7. The number of rotatable bonds is 12. The molecule has 0 aliphatic carbocycles. The van der Waals surface area contributed by atoms with Gasteiger partial charge in [0.1, 0.15) is 0 Å². The Kier molecular flexibility index (Phi) is 19.3. The van der Waals surface area contributed by atoms with Crippen molar-refractivity contribution in [2.24, 2.45) is 0 Å². The van der Waals surface area contributed by atoms with Crippen LogP contribution in [-0.2, 0) is 0 Å². The van der Waals surface area contributed by atoms with E-state index in [2.05, 4.69) is 275 Å². The Balaban J connectivity index is 0.000000427. The van der Waals surface area contributed by atoms with Gasteiger partial charge in [0.05, 0.1) is 0 Å². The molecule has 0 unspecified atom stereocenters. The van der Waals surface area contributed by atoms with Gasteiger partial charge in [-0.25, -0.2) is 0 Å². The van der Waals surface area contributed by atoms with Gasteiger partial charge in [-0.15, -0.1) is 0 Å². The molecule has 0 radical (unpaired) electrons. The summed E-state index contributed by atoms with van der Waals surface area (Å²) < 4.78 is 0. The zero-order valence-corrected chi connectivity index (χ0v) is 41.6. The smallest absolute Gasteiger partial charge is 0.0462 e. The number of hydrogen-bond acceptors (Lipinski definition) is 1. The average molecular weight is 898 g/mol. The van der Waals surface area contributed by atoms with E-state index >= 15 is 0 Å². The molecule has 0 saturated carbocycles. The van der Waals surface area contributed by atoms with E-state index in [4.69, 9.17) is 0 Å². The van der Waals surface area contributed by atoms with Gasteiger partial charge in [-0.1, -0.05) is 259 Å². The molecule has 0 heterocycles. The molecule has 0 spiro atoms. The summed E-state index contributed by atoms with van der Waals surface area (Å²) in [4.78, 5) is 2.34. The summed E-state index contributed by atoms with van der Waals surface area (Å²) in [7, 11) is 0. The Morgan fingerprint density at radius 2 is 0.783 bits per heavy atom. The maximum atomic E-state index is 3.64. The zero-order chi connectivity index (χ0) is 48.8. The summed E-state index contributed by atoms with van der Waals surface area (Å²) >= 11 is 0. The van der Waals surface area contributed by atoms with Crippen molar-refractivity contribution in [3.63, 3.8) is 0 Å². The molecule has 0 atom stereocenters. The monoisotopic (exact) mass is 898 g/mol. The Morgan fingerprint density at radius 1 is 0.406 bits per heavy atom. The minimum atomic E-state index is 1.08. The average Bonchev–Trinajstić information content (AvgIpc) is 3.43. The molecule has 0 aliphatic rings. The molecule has 69 heavy (non-hydrogen) atoms. The number of allylic oxidation sites excluding steroid dienone is 7. The second-order valence-corrected chi connectivity index (χ2v) is 16.3. The van der Waals surface area contributed by atoms with Gasteiger partial charge in [0, 0.05) is 17.1 Å². The van der Waals surface area contributed by atoms with Crippen molar-refractivity contribution in [1.29, 1.82) is 0 Å². The van der Waals surface area contributed by atoms with Gasteiger partial charge in [-0.05, 0) is 135 Å². The Hall–Kier alpha value is -8.00. The number of hydrogen-bond donors (Lipinski definition) is 0. The van der Waals surface area contributed by atoms with Crippen LogP contribution in [0.2, 0.25) is 0 Å². The minimum Gasteiger partial charge on any atom is -0.311 e. The molecule has 1 heteroatoms.